The van der Waals surface area contributed by atoms with Gasteiger partial charge in [0.2, 0.25) is 0 Å². The van der Waals surface area contributed by atoms with Gasteiger partial charge in [-0.3, -0.25) is 0 Å². The van der Waals surface area contributed by atoms with E-state index in [1.165, 1.54) is 5.56 Å². The van der Waals surface area contributed by atoms with Gasteiger partial charge in [-0.1, -0.05) is 18.2 Å². The van der Waals surface area contributed by atoms with Gasteiger partial charge in [-0.2, -0.15) is 0 Å². The van der Waals surface area contributed by atoms with Crippen molar-refractivity contribution in [3.05, 3.63) is 45.9 Å². The van der Waals surface area contributed by atoms with Crippen LogP contribution >= 0.6 is 11.3 Å². The van der Waals surface area contributed by atoms with Crippen LogP contribution in [0.3, 0.4) is 0 Å². The van der Waals surface area contributed by atoms with Crippen LogP contribution in [0.1, 0.15) is 43.1 Å². The average Bonchev–Trinajstić information content (AvgIpc) is 2.82. The summed E-state index contributed by atoms with van der Waals surface area (Å²) in [6.45, 7) is 9.06. The standard InChI is InChI=1S/C16H22N2OS/c1-11(2)19-15-8-6-5-7-14(15)13(4)17-9-16-18-12(3)10-20-16/h5-8,10-11,13,17H,9H2,1-4H3. The molecule has 0 radical (unpaired) electrons. The third kappa shape index (κ3) is 4.05. The summed E-state index contributed by atoms with van der Waals surface area (Å²) < 4.78 is 5.87. The van der Waals surface area contributed by atoms with E-state index in [0.29, 0.717) is 0 Å². The second kappa shape index (κ2) is 6.86. The molecule has 20 heavy (non-hydrogen) atoms. The lowest BCUT2D eigenvalue weighted by Crippen LogP contribution is -2.19. The Morgan fingerprint density at radius 3 is 2.65 bits per heavy atom. The van der Waals surface area contributed by atoms with E-state index in [1.54, 1.807) is 11.3 Å². The highest BCUT2D eigenvalue weighted by Gasteiger charge is 2.12. The SMILES string of the molecule is Cc1csc(CNC(C)c2ccccc2OC(C)C)n1. The van der Waals surface area contributed by atoms with Gasteiger partial charge in [0.25, 0.3) is 0 Å². The topological polar surface area (TPSA) is 34.1 Å². The number of thiazole rings is 1. The monoisotopic (exact) mass is 290 g/mol. The minimum absolute atomic E-state index is 0.185. The van der Waals surface area contributed by atoms with Crippen molar-refractivity contribution in [3.8, 4) is 5.75 Å². The quantitative estimate of drug-likeness (QED) is 0.870. The molecule has 0 saturated heterocycles. The van der Waals surface area contributed by atoms with Crippen LogP contribution in [-0.2, 0) is 6.54 Å². The highest BCUT2D eigenvalue weighted by atomic mass is 32.1. The molecule has 3 nitrogen and oxygen atoms in total. The Morgan fingerprint density at radius 2 is 2.00 bits per heavy atom. The van der Waals surface area contributed by atoms with Gasteiger partial charge in [-0.25, -0.2) is 4.98 Å². The molecule has 0 bridgehead atoms. The van der Waals surface area contributed by atoms with E-state index in [-0.39, 0.29) is 12.1 Å². The Morgan fingerprint density at radius 1 is 1.25 bits per heavy atom. The summed E-state index contributed by atoms with van der Waals surface area (Å²) in [6, 6.07) is 8.43. The summed E-state index contributed by atoms with van der Waals surface area (Å²) in [7, 11) is 0. The van der Waals surface area contributed by atoms with E-state index in [0.717, 1.165) is 23.0 Å². The fraction of sp³-hybridized carbons (Fsp3) is 0.438. The first-order valence-corrected chi connectivity index (χ1v) is 7.84. The van der Waals surface area contributed by atoms with Crippen molar-refractivity contribution in [1.82, 2.24) is 10.3 Å². The van der Waals surface area contributed by atoms with Crippen molar-refractivity contribution < 1.29 is 4.74 Å². The number of aryl methyl sites for hydroxylation is 1. The van der Waals surface area contributed by atoms with Crippen molar-refractivity contribution in [2.45, 2.75) is 46.4 Å². The van der Waals surface area contributed by atoms with Crippen LogP contribution in [0.4, 0.5) is 0 Å². The second-order valence-electron chi connectivity index (χ2n) is 5.19. The van der Waals surface area contributed by atoms with Crippen LogP contribution in [0.5, 0.6) is 5.75 Å². The number of aromatic nitrogens is 1. The molecule has 0 fully saturated rings. The summed E-state index contributed by atoms with van der Waals surface area (Å²) in [6.07, 6.45) is 0.185. The second-order valence-corrected chi connectivity index (χ2v) is 6.13. The molecule has 0 spiro atoms. The number of nitrogens with zero attached hydrogens (tertiary/aromatic N) is 1. The molecule has 0 saturated carbocycles. The molecule has 0 aliphatic heterocycles. The molecule has 1 unspecified atom stereocenters. The highest BCUT2D eigenvalue weighted by Crippen LogP contribution is 2.26. The molecule has 4 heteroatoms. The van der Waals surface area contributed by atoms with E-state index < -0.39 is 0 Å². The molecule has 108 valence electrons. The lowest BCUT2D eigenvalue weighted by molar-refractivity contribution is 0.238. The maximum Gasteiger partial charge on any atom is 0.124 e. The largest absolute Gasteiger partial charge is 0.491 e. The third-order valence-corrected chi connectivity index (χ3v) is 3.94. The molecule has 1 aromatic heterocycles. The molecule has 1 aromatic carbocycles. The molecule has 1 atom stereocenters. The van der Waals surface area contributed by atoms with Gasteiger partial charge in [0.1, 0.15) is 10.8 Å². The number of benzene rings is 1. The van der Waals surface area contributed by atoms with Gasteiger partial charge in [0, 0.05) is 29.2 Å². The van der Waals surface area contributed by atoms with Crippen molar-refractivity contribution in [1.29, 1.82) is 0 Å². The molecule has 1 heterocycles. The first-order chi connectivity index (χ1) is 9.56. The first kappa shape index (κ1) is 15.0. The number of hydrogen-bond donors (Lipinski definition) is 1. The fourth-order valence-corrected chi connectivity index (χ4v) is 2.76. The van der Waals surface area contributed by atoms with E-state index in [1.807, 2.05) is 39.0 Å². The Bertz CT molecular complexity index is 551. The van der Waals surface area contributed by atoms with Crippen molar-refractivity contribution in [2.24, 2.45) is 0 Å². The molecule has 0 amide bonds. The molecule has 0 aliphatic carbocycles. The van der Waals surface area contributed by atoms with Gasteiger partial charge in [0.05, 0.1) is 6.10 Å². The average molecular weight is 290 g/mol. The summed E-state index contributed by atoms with van der Waals surface area (Å²) in [4.78, 5) is 4.47. The van der Waals surface area contributed by atoms with E-state index >= 15 is 0 Å². The maximum absolute atomic E-state index is 5.87. The Balaban J connectivity index is 2.03. The van der Waals surface area contributed by atoms with Crippen LogP contribution in [0.15, 0.2) is 29.6 Å². The van der Waals surface area contributed by atoms with Crippen LogP contribution in [0, 0.1) is 6.92 Å². The Labute approximate surface area is 125 Å². The first-order valence-electron chi connectivity index (χ1n) is 6.96. The molecule has 1 N–H and O–H groups in total. The molecule has 2 aromatic rings. The maximum atomic E-state index is 5.87. The van der Waals surface area contributed by atoms with Crippen molar-refractivity contribution in [3.63, 3.8) is 0 Å². The van der Waals surface area contributed by atoms with E-state index in [4.69, 9.17) is 4.74 Å². The molecule has 0 aliphatic rings. The minimum Gasteiger partial charge on any atom is -0.491 e. The van der Waals surface area contributed by atoms with Crippen LogP contribution in [-0.4, -0.2) is 11.1 Å². The molecule has 2 rings (SSSR count). The Kier molecular flexibility index (Phi) is 5.15. The van der Waals surface area contributed by atoms with Crippen LogP contribution in [0.2, 0.25) is 0 Å². The number of nitrogens with one attached hydrogen (secondary N) is 1. The van der Waals surface area contributed by atoms with E-state index in [9.17, 15) is 0 Å². The summed E-state index contributed by atoms with van der Waals surface area (Å²) in [5.41, 5.74) is 2.28. The number of rotatable bonds is 6. The van der Waals surface area contributed by atoms with Gasteiger partial charge < -0.3 is 10.1 Å². The van der Waals surface area contributed by atoms with Crippen LogP contribution < -0.4 is 10.1 Å². The van der Waals surface area contributed by atoms with Gasteiger partial charge in [0.15, 0.2) is 0 Å². The predicted molar refractivity (Wildman–Crippen MR) is 84.3 cm³/mol. The zero-order chi connectivity index (χ0) is 14.5. The Hall–Kier alpha value is -1.39. The van der Waals surface area contributed by atoms with Gasteiger partial charge in [-0.15, -0.1) is 11.3 Å². The normalized spacial score (nSPS) is 12.7. The number of ether oxygens (including phenoxy) is 1. The zero-order valence-corrected chi connectivity index (χ0v) is 13.3. The predicted octanol–water partition coefficient (Wildman–Crippen LogP) is 4.09. The number of para-hydroxylation sites is 1. The van der Waals surface area contributed by atoms with Crippen molar-refractivity contribution in [2.75, 3.05) is 0 Å². The third-order valence-electron chi connectivity index (χ3n) is 2.97. The van der Waals surface area contributed by atoms with Crippen LogP contribution in [0.25, 0.3) is 0 Å². The smallest absolute Gasteiger partial charge is 0.124 e. The lowest BCUT2D eigenvalue weighted by atomic mass is 10.1. The lowest BCUT2D eigenvalue weighted by Gasteiger charge is -2.19. The summed E-state index contributed by atoms with van der Waals surface area (Å²) in [5, 5.41) is 6.71. The minimum atomic E-state index is 0.185. The van der Waals surface area contributed by atoms with Gasteiger partial charge in [-0.05, 0) is 33.8 Å². The highest BCUT2D eigenvalue weighted by molar-refractivity contribution is 7.09. The number of hydrogen-bond acceptors (Lipinski definition) is 4. The summed E-state index contributed by atoms with van der Waals surface area (Å²) in [5.74, 6) is 0.956. The van der Waals surface area contributed by atoms with E-state index in [2.05, 4.69) is 28.7 Å². The molecular weight excluding hydrogens is 268 g/mol. The summed E-state index contributed by atoms with van der Waals surface area (Å²) >= 11 is 1.70. The van der Waals surface area contributed by atoms with Crippen molar-refractivity contribution >= 4 is 11.3 Å². The molecular formula is C16H22N2OS. The zero-order valence-electron chi connectivity index (χ0n) is 12.5. The van der Waals surface area contributed by atoms with Gasteiger partial charge >= 0.3 is 0 Å². The fourth-order valence-electron chi connectivity index (χ4n) is 2.03.